The van der Waals surface area contributed by atoms with Gasteiger partial charge >= 0.3 is 0 Å². The average molecular weight is 321 g/mol. The smallest absolute Gasteiger partial charge is 0.229 e. The quantitative estimate of drug-likeness (QED) is 0.777. The Morgan fingerprint density at radius 3 is 2.17 bits per heavy atom. The third-order valence-corrected chi connectivity index (χ3v) is 4.84. The van der Waals surface area contributed by atoms with Crippen molar-refractivity contribution in [1.82, 2.24) is 15.3 Å². The number of carbonyl (C=O) groups excluding carboxylic acids is 3. The van der Waals surface area contributed by atoms with Crippen LogP contribution in [0.2, 0.25) is 0 Å². The highest BCUT2D eigenvalue weighted by molar-refractivity contribution is 6.26. The van der Waals surface area contributed by atoms with Crippen molar-refractivity contribution in [2.45, 2.75) is 20.3 Å². The van der Waals surface area contributed by atoms with Gasteiger partial charge in [0.15, 0.2) is 5.78 Å². The maximum Gasteiger partial charge on any atom is 0.229 e. The Hall–Kier alpha value is -2.89. The molecule has 0 saturated carbocycles. The number of aryl methyl sites for hydroxylation is 2. The van der Waals surface area contributed by atoms with Gasteiger partial charge in [0, 0.05) is 17.5 Å². The van der Waals surface area contributed by atoms with Gasteiger partial charge in [0.2, 0.25) is 11.6 Å². The van der Waals surface area contributed by atoms with E-state index in [0.717, 1.165) is 0 Å². The number of hydrogen-bond acceptors (Lipinski definition) is 6. The molecule has 3 aliphatic rings. The van der Waals surface area contributed by atoms with Crippen LogP contribution in [0.25, 0.3) is 0 Å². The second-order valence-corrected chi connectivity index (χ2v) is 6.29. The number of Topliss-reactive ketones (excluding diaryl/α,β-unsaturated/α-hetero) is 2. The highest BCUT2D eigenvalue weighted by atomic mass is 16.1. The maximum atomic E-state index is 13.1. The van der Waals surface area contributed by atoms with Gasteiger partial charge in [-0.1, -0.05) is 12.2 Å². The van der Waals surface area contributed by atoms with Crippen LogP contribution < -0.4 is 5.32 Å². The van der Waals surface area contributed by atoms with Crippen LogP contribution in [0.4, 0.5) is 0 Å². The van der Waals surface area contributed by atoms with Crippen molar-refractivity contribution < 1.29 is 14.4 Å². The third kappa shape index (κ3) is 1.86. The van der Waals surface area contributed by atoms with Gasteiger partial charge in [-0.3, -0.25) is 14.4 Å². The largest absolute Gasteiger partial charge is 0.381 e. The molecule has 6 heteroatoms. The van der Waals surface area contributed by atoms with E-state index in [9.17, 15) is 14.4 Å². The Bertz CT molecular complexity index is 906. The lowest BCUT2D eigenvalue weighted by Gasteiger charge is -2.38. The zero-order valence-electron chi connectivity index (χ0n) is 13.3. The van der Waals surface area contributed by atoms with Crippen LogP contribution in [-0.4, -0.2) is 33.9 Å². The summed E-state index contributed by atoms with van der Waals surface area (Å²) in [5.74, 6) is -0.735. The van der Waals surface area contributed by atoms with E-state index in [1.165, 1.54) is 12.2 Å². The lowest BCUT2D eigenvalue weighted by molar-refractivity contribution is -0.110. The van der Waals surface area contributed by atoms with Gasteiger partial charge in [0.05, 0.1) is 17.1 Å². The lowest BCUT2D eigenvalue weighted by atomic mass is 9.68. The molecular formula is C18H15N3O3. The Labute approximate surface area is 138 Å². The van der Waals surface area contributed by atoms with Gasteiger partial charge in [-0.25, -0.2) is 9.97 Å². The standard InChI is InChI=1S/C18H15N3O3/c1-9-10(2)21-15-14(20-9)16(23)12-13(17(15)24)19-8-7-18(12)5-3-11(22)4-6-18/h3-6,19H,7-8H2,1-2H3. The SMILES string of the molecule is Cc1nc2c(nc1C)C(=O)C1=C(NCCC13C=CC(=O)C=C3)C2=O. The third-order valence-electron chi connectivity index (χ3n) is 4.84. The normalized spacial score (nSPS) is 21.0. The molecule has 0 unspecified atom stereocenters. The molecule has 1 spiro atoms. The van der Waals surface area contributed by atoms with Crippen LogP contribution in [0.15, 0.2) is 35.6 Å². The second-order valence-electron chi connectivity index (χ2n) is 6.29. The number of ketones is 3. The van der Waals surface area contributed by atoms with Crippen molar-refractivity contribution in [1.29, 1.82) is 0 Å². The van der Waals surface area contributed by atoms with Crippen molar-refractivity contribution in [3.05, 3.63) is 58.3 Å². The van der Waals surface area contributed by atoms with Crippen molar-refractivity contribution in [2.75, 3.05) is 6.54 Å². The Kier molecular flexibility index (Phi) is 2.94. The van der Waals surface area contributed by atoms with Gasteiger partial charge in [0.25, 0.3) is 0 Å². The molecule has 1 aromatic rings. The van der Waals surface area contributed by atoms with Crippen LogP contribution in [0.1, 0.15) is 38.8 Å². The summed E-state index contributed by atoms with van der Waals surface area (Å²) in [4.78, 5) is 46.1. The molecule has 24 heavy (non-hydrogen) atoms. The van der Waals surface area contributed by atoms with Crippen molar-refractivity contribution in [3.63, 3.8) is 0 Å². The fourth-order valence-corrected chi connectivity index (χ4v) is 3.42. The molecule has 1 aromatic heterocycles. The lowest BCUT2D eigenvalue weighted by Crippen LogP contribution is -2.44. The summed E-state index contributed by atoms with van der Waals surface area (Å²) >= 11 is 0. The summed E-state index contributed by atoms with van der Waals surface area (Å²) < 4.78 is 0. The van der Waals surface area contributed by atoms with E-state index >= 15 is 0 Å². The molecule has 1 aliphatic heterocycles. The summed E-state index contributed by atoms with van der Waals surface area (Å²) in [6.45, 7) is 4.06. The highest BCUT2D eigenvalue weighted by Crippen LogP contribution is 2.44. The molecule has 2 aliphatic carbocycles. The number of rotatable bonds is 0. The molecule has 2 heterocycles. The fourth-order valence-electron chi connectivity index (χ4n) is 3.42. The highest BCUT2D eigenvalue weighted by Gasteiger charge is 2.46. The molecule has 120 valence electrons. The number of nitrogens with one attached hydrogen (secondary N) is 1. The Balaban J connectivity index is 1.96. The molecule has 0 fully saturated rings. The van der Waals surface area contributed by atoms with E-state index < -0.39 is 5.41 Å². The fraction of sp³-hybridized carbons (Fsp3) is 0.278. The van der Waals surface area contributed by atoms with Crippen molar-refractivity contribution >= 4 is 17.3 Å². The first kappa shape index (κ1) is 14.7. The second kappa shape index (κ2) is 4.80. The predicted octanol–water partition coefficient (Wildman–Crippen LogP) is 1.40. The summed E-state index contributed by atoms with van der Waals surface area (Å²) in [5, 5.41) is 3.05. The predicted molar refractivity (Wildman–Crippen MR) is 85.5 cm³/mol. The van der Waals surface area contributed by atoms with Crippen molar-refractivity contribution in [3.8, 4) is 0 Å². The molecule has 0 aromatic carbocycles. The molecule has 4 rings (SSSR count). The first-order chi connectivity index (χ1) is 11.4. The zero-order valence-corrected chi connectivity index (χ0v) is 13.3. The van der Waals surface area contributed by atoms with Crippen LogP contribution >= 0.6 is 0 Å². The summed E-state index contributed by atoms with van der Waals surface area (Å²) in [6.07, 6.45) is 6.94. The number of carbonyl (C=O) groups is 3. The van der Waals surface area contributed by atoms with Gasteiger partial charge in [0.1, 0.15) is 11.4 Å². The van der Waals surface area contributed by atoms with E-state index in [0.29, 0.717) is 29.9 Å². The van der Waals surface area contributed by atoms with Gasteiger partial charge < -0.3 is 5.32 Å². The topological polar surface area (TPSA) is 89.0 Å². The van der Waals surface area contributed by atoms with Crippen molar-refractivity contribution in [2.24, 2.45) is 5.41 Å². The first-order valence-corrected chi connectivity index (χ1v) is 7.79. The number of nitrogens with zero attached hydrogens (tertiary/aromatic N) is 2. The monoisotopic (exact) mass is 321 g/mol. The average Bonchev–Trinajstić information content (AvgIpc) is 2.57. The van der Waals surface area contributed by atoms with Gasteiger partial charge in [-0.2, -0.15) is 0 Å². The molecule has 0 amide bonds. The van der Waals surface area contributed by atoms with Gasteiger partial charge in [-0.05, 0) is 32.4 Å². The van der Waals surface area contributed by atoms with E-state index in [1.807, 2.05) is 0 Å². The molecule has 1 N–H and O–H groups in total. The number of allylic oxidation sites excluding steroid dienone is 6. The Morgan fingerprint density at radius 1 is 0.958 bits per heavy atom. The van der Waals surface area contributed by atoms with Gasteiger partial charge in [-0.15, -0.1) is 0 Å². The minimum atomic E-state index is -0.737. The van der Waals surface area contributed by atoms with Crippen LogP contribution in [0.3, 0.4) is 0 Å². The molecule has 0 radical (unpaired) electrons. The van der Waals surface area contributed by atoms with Crippen LogP contribution in [0, 0.1) is 19.3 Å². The molecule has 0 bridgehead atoms. The zero-order chi connectivity index (χ0) is 17.1. The van der Waals surface area contributed by atoms with E-state index in [2.05, 4.69) is 15.3 Å². The Morgan fingerprint density at radius 2 is 1.54 bits per heavy atom. The number of hydrogen-bond donors (Lipinski definition) is 1. The molecular weight excluding hydrogens is 306 g/mol. The number of fused-ring (bicyclic) bond motifs is 2. The molecule has 6 nitrogen and oxygen atoms in total. The van der Waals surface area contributed by atoms with E-state index in [4.69, 9.17) is 0 Å². The number of aromatic nitrogens is 2. The molecule has 0 atom stereocenters. The summed E-state index contributed by atoms with van der Waals surface area (Å²) in [5.41, 5.74) is 1.37. The summed E-state index contributed by atoms with van der Waals surface area (Å²) in [7, 11) is 0. The van der Waals surface area contributed by atoms with E-state index in [-0.39, 0.29) is 34.4 Å². The first-order valence-electron chi connectivity index (χ1n) is 7.79. The maximum absolute atomic E-state index is 13.1. The molecule has 0 saturated heterocycles. The van der Waals surface area contributed by atoms with Crippen LogP contribution in [0.5, 0.6) is 0 Å². The van der Waals surface area contributed by atoms with E-state index in [1.54, 1.807) is 26.0 Å². The minimum absolute atomic E-state index is 0.101. The minimum Gasteiger partial charge on any atom is -0.381 e. The van der Waals surface area contributed by atoms with Crippen LogP contribution in [-0.2, 0) is 4.79 Å². The summed E-state index contributed by atoms with van der Waals surface area (Å²) in [6, 6.07) is 0.